The molecule has 1 aromatic heterocycles. The smallest absolute Gasteiger partial charge is 0.303 e. The zero-order chi connectivity index (χ0) is 12.5. The number of hydrogen-bond donors (Lipinski definition) is 1. The molecule has 0 radical (unpaired) electrons. The Balaban J connectivity index is 1.93. The molecule has 0 atom stereocenters. The fourth-order valence-electron chi connectivity index (χ4n) is 1.83. The van der Waals surface area contributed by atoms with E-state index in [4.69, 9.17) is 19.0 Å². The van der Waals surface area contributed by atoms with Gasteiger partial charge in [-0.05, 0) is 0 Å². The summed E-state index contributed by atoms with van der Waals surface area (Å²) in [4.78, 5) is 14.7. The zero-order valence-corrected chi connectivity index (χ0v) is 9.51. The van der Waals surface area contributed by atoms with E-state index in [1.165, 1.54) is 0 Å². The number of ether oxygens (including phenoxy) is 2. The number of carboxylic acids is 1. The van der Waals surface area contributed by atoms with Gasteiger partial charge in [0.05, 0.1) is 6.42 Å². The number of aliphatic carboxylic acids is 1. The van der Waals surface area contributed by atoms with Crippen molar-refractivity contribution in [2.24, 2.45) is 0 Å². The van der Waals surface area contributed by atoms with Crippen LogP contribution >= 0.6 is 0 Å². The average Bonchev–Trinajstić information content (AvgIpc) is 2.75. The number of oxazole rings is 1. The summed E-state index contributed by atoms with van der Waals surface area (Å²) in [6, 6.07) is 3.47. The van der Waals surface area contributed by atoms with Gasteiger partial charge in [-0.3, -0.25) is 4.79 Å². The molecule has 0 amide bonds. The first-order chi connectivity index (χ1) is 8.72. The first kappa shape index (κ1) is 10.9. The van der Waals surface area contributed by atoms with Crippen molar-refractivity contribution in [3.63, 3.8) is 0 Å². The molecule has 0 bridgehead atoms. The van der Waals surface area contributed by atoms with Crippen molar-refractivity contribution in [2.75, 3.05) is 13.2 Å². The Hall–Kier alpha value is -2.24. The maximum absolute atomic E-state index is 10.5. The molecule has 3 rings (SSSR count). The number of benzene rings is 1. The first-order valence-electron chi connectivity index (χ1n) is 5.63. The summed E-state index contributed by atoms with van der Waals surface area (Å²) in [6.07, 6.45) is 0.274. The minimum absolute atomic E-state index is 0.000460. The zero-order valence-electron chi connectivity index (χ0n) is 9.51. The average molecular weight is 249 g/mol. The lowest BCUT2D eigenvalue weighted by Gasteiger charge is -2.17. The van der Waals surface area contributed by atoms with E-state index in [0.717, 1.165) is 0 Å². The van der Waals surface area contributed by atoms with Gasteiger partial charge in [0, 0.05) is 18.6 Å². The molecule has 1 N–H and O–H groups in total. The molecule has 1 aromatic carbocycles. The van der Waals surface area contributed by atoms with Gasteiger partial charge in [-0.2, -0.15) is 0 Å². The highest BCUT2D eigenvalue weighted by molar-refractivity contribution is 5.78. The van der Waals surface area contributed by atoms with Gasteiger partial charge in [-0.1, -0.05) is 0 Å². The van der Waals surface area contributed by atoms with Crippen LogP contribution in [0.25, 0.3) is 11.1 Å². The molecule has 0 unspecified atom stereocenters. The third-order valence-electron chi connectivity index (χ3n) is 2.65. The predicted molar refractivity (Wildman–Crippen MR) is 61.0 cm³/mol. The quantitative estimate of drug-likeness (QED) is 0.890. The molecule has 0 aliphatic carbocycles. The maximum Gasteiger partial charge on any atom is 0.303 e. The van der Waals surface area contributed by atoms with E-state index in [1.54, 1.807) is 12.1 Å². The largest absolute Gasteiger partial charge is 0.486 e. The van der Waals surface area contributed by atoms with E-state index < -0.39 is 5.97 Å². The van der Waals surface area contributed by atoms with Crippen molar-refractivity contribution in [3.05, 3.63) is 18.0 Å². The van der Waals surface area contributed by atoms with Gasteiger partial charge in [0.25, 0.3) is 0 Å². The first-order valence-corrected chi connectivity index (χ1v) is 5.63. The van der Waals surface area contributed by atoms with Gasteiger partial charge in [0.2, 0.25) is 0 Å². The van der Waals surface area contributed by atoms with Crippen LogP contribution in [0, 0.1) is 0 Å². The monoisotopic (exact) mass is 249 g/mol. The molecular weight excluding hydrogens is 238 g/mol. The number of aromatic nitrogens is 1. The molecule has 18 heavy (non-hydrogen) atoms. The maximum atomic E-state index is 10.5. The Morgan fingerprint density at radius 3 is 2.72 bits per heavy atom. The highest BCUT2D eigenvalue weighted by atomic mass is 16.6. The molecule has 0 spiro atoms. The van der Waals surface area contributed by atoms with Gasteiger partial charge in [-0.15, -0.1) is 0 Å². The molecule has 2 heterocycles. The van der Waals surface area contributed by atoms with Gasteiger partial charge < -0.3 is 19.0 Å². The second-order valence-corrected chi connectivity index (χ2v) is 3.96. The molecule has 1 aliphatic rings. The van der Waals surface area contributed by atoms with Crippen molar-refractivity contribution >= 4 is 17.1 Å². The normalized spacial score (nSPS) is 13.8. The van der Waals surface area contributed by atoms with Gasteiger partial charge in [0.1, 0.15) is 18.7 Å². The van der Waals surface area contributed by atoms with Crippen molar-refractivity contribution in [1.29, 1.82) is 0 Å². The van der Waals surface area contributed by atoms with Crippen LogP contribution in [0.5, 0.6) is 11.5 Å². The van der Waals surface area contributed by atoms with Crippen LogP contribution < -0.4 is 9.47 Å². The molecule has 6 nitrogen and oxygen atoms in total. The predicted octanol–water partition coefficient (Wildman–Crippen LogP) is 1.62. The number of rotatable bonds is 3. The summed E-state index contributed by atoms with van der Waals surface area (Å²) in [5.74, 6) is 0.819. The Morgan fingerprint density at radius 2 is 2.00 bits per heavy atom. The Bertz CT molecular complexity index is 561. The van der Waals surface area contributed by atoms with Crippen LogP contribution in [0.15, 0.2) is 16.5 Å². The molecule has 0 saturated heterocycles. The van der Waals surface area contributed by atoms with Crippen LogP contribution in [0.3, 0.4) is 0 Å². The van der Waals surface area contributed by atoms with Crippen LogP contribution in [-0.2, 0) is 11.2 Å². The van der Waals surface area contributed by atoms with E-state index in [-0.39, 0.29) is 12.8 Å². The Morgan fingerprint density at radius 1 is 1.28 bits per heavy atom. The summed E-state index contributed by atoms with van der Waals surface area (Å²) in [7, 11) is 0. The van der Waals surface area contributed by atoms with Gasteiger partial charge >= 0.3 is 5.97 Å². The van der Waals surface area contributed by atoms with Crippen LogP contribution in [0.1, 0.15) is 12.3 Å². The lowest BCUT2D eigenvalue weighted by molar-refractivity contribution is -0.137. The van der Waals surface area contributed by atoms with Crippen LogP contribution in [0.2, 0.25) is 0 Å². The SMILES string of the molecule is O=C(O)CCc1nc2cc3c(cc2o1)OCCO3. The van der Waals surface area contributed by atoms with Gasteiger partial charge in [-0.25, -0.2) is 4.98 Å². The fourth-order valence-corrected chi connectivity index (χ4v) is 1.83. The van der Waals surface area contributed by atoms with E-state index in [1.807, 2.05) is 0 Å². The van der Waals surface area contributed by atoms with E-state index >= 15 is 0 Å². The minimum atomic E-state index is -0.872. The third-order valence-corrected chi connectivity index (χ3v) is 2.65. The molecule has 0 fully saturated rings. The lowest BCUT2D eigenvalue weighted by Crippen LogP contribution is -2.15. The van der Waals surface area contributed by atoms with E-state index in [0.29, 0.717) is 41.7 Å². The standard InChI is InChI=1S/C12H11NO5/c14-12(15)2-1-11-13-7-5-9-10(6-8(7)18-11)17-4-3-16-9/h5-6H,1-4H2,(H,14,15). The Labute approximate surface area is 102 Å². The number of aryl methyl sites for hydroxylation is 1. The summed E-state index contributed by atoms with van der Waals surface area (Å²) in [5, 5.41) is 8.61. The second-order valence-electron chi connectivity index (χ2n) is 3.96. The number of carboxylic acid groups (broad SMARTS) is 1. The highest BCUT2D eigenvalue weighted by Gasteiger charge is 2.16. The number of nitrogens with zero attached hydrogens (tertiary/aromatic N) is 1. The molecular formula is C12H11NO5. The summed E-state index contributed by atoms with van der Waals surface area (Å²) in [6.45, 7) is 1.03. The summed E-state index contributed by atoms with van der Waals surface area (Å²) in [5.41, 5.74) is 1.24. The lowest BCUT2D eigenvalue weighted by atomic mass is 10.2. The molecule has 2 aromatic rings. The molecule has 1 aliphatic heterocycles. The van der Waals surface area contributed by atoms with Crippen molar-refractivity contribution in [2.45, 2.75) is 12.8 Å². The van der Waals surface area contributed by atoms with Gasteiger partial charge in [0.15, 0.2) is 23.0 Å². The fraction of sp³-hybridized carbons (Fsp3) is 0.333. The Kier molecular flexibility index (Phi) is 2.55. The van der Waals surface area contributed by atoms with Crippen molar-refractivity contribution in [3.8, 4) is 11.5 Å². The molecule has 0 saturated carbocycles. The topological polar surface area (TPSA) is 81.8 Å². The second kappa shape index (κ2) is 4.21. The van der Waals surface area contributed by atoms with E-state index in [9.17, 15) is 4.79 Å². The summed E-state index contributed by atoms with van der Waals surface area (Å²) < 4.78 is 16.3. The van der Waals surface area contributed by atoms with Crippen molar-refractivity contribution < 1.29 is 23.8 Å². The minimum Gasteiger partial charge on any atom is -0.486 e. The molecule has 6 heteroatoms. The number of carbonyl (C=O) groups is 1. The number of hydrogen-bond acceptors (Lipinski definition) is 5. The number of fused-ring (bicyclic) bond motifs is 2. The van der Waals surface area contributed by atoms with Crippen LogP contribution in [-0.4, -0.2) is 29.3 Å². The van der Waals surface area contributed by atoms with Crippen LogP contribution in [0.4, 0.5) is 0 Å². The highest BCUT2D eigenvalue weighted by Crippen LogP contribution is 2.34. The summed E-state index contributed by atoms with van der Waals surface area (Å²) >= 11 is 0. The third kappa shape index (κ3) is 1.97. The molecule has 94 valence electrons. The van der Waals surface area contributed by atoms with E-state index in [2.05, 4.69) is 4.98 Å². The van der Waals surface area contributed by atoms with Crippen molar-refractivity contribution in [1.82, 2.24) is 4.98 Å².